The van der Waals surface area contributed by atoms with Gasteiger partial charge in [-0.15, -0.1) is 0 Å². The summed E-state index contributed by atoms with van der Waals surface area (Å²) in [4.78, 5) is 30.5. The van der Waals surface area contributed by atoms with Crippen molar-refractivity contribution in [2.24, 2.45) is 15.3 Å². The van der Waals surface area contributed by atoms with Gasteiger partial charge >= 0.3 is 12.4 Å². The first-order chi connectivity index (χ1) is 22.4. The van der Waals surface area contributed by atoms with Crippen molar-refractivity contribution in [1.29, 1.82) is 0 Å². The van der Waals surface area contributed by atoms with Gasteiger partial charge in [0.25, 0.3) is 11.8 Å². The van der Waals surface area contributed by atoms with Gasteiger partial charge in [0, 0.05) is 29.9 Å². The van der Waals surface area contributed by atoms with Crippen LogP contribution in [-0.2, 0) is 21.9 Å². The molecule has 2 heterocycles. The van der Waals surface area contributed by atoms with Crippen LogP contribution in [0.5, 0.6) is 0 Å². The highest BCUT2D eigenvalue weighted by molar-refractivity contribution is 6.03. The summed E-state index contributed by atoms with van der Waals surface area (Å²) in [6.07, 6.45) is -5.12. The second kappa shape index (κ2) is 15.9. The molecule has 2 aliphatic rings. The van der Waals surface area contributed by atoms with Gasteiger partial charge in [-0.1, -0.05) is 46.2 Å². The predicted molar refractivity (Wildman–Crippen MR) is 174 cm³/mol. The van der Waals surface area contributed by atoms with E-state index in [9.17, 15) is 35.9 Å². The average Bonchev–Trinajstić information content (AvgIpc) is 3.60. The minimum absolute atomic E-state index is 0. The molecule has 2 aromatic rings. The third-order valence-electron chi connectivity index (χ3n) is 7.60. The maximum absolute atomic E-state index is 13.0. The Kier molecular flexibility index (Phi) is 13.1. The Morgan fingerprint density at radius 3 is 1.86 bits per heavy atom. The predicted octanol–water partition coefficient (Wildman–Crippen LogP) is 9.72. The molecule has 0 aromatic heterocycles. The normalized spacial score (nSPS) is 21.1. The second-order valence-corrected chi connectivity index (χ2v) is 11.8. The van der Waals surface area contributed by atoms with Gasteiger partial charge < -0.3 is 10.6 Å². The number of carbonyl (C=O) groups excluding carboxylic acids is 2. The Labute approximate surface area is 281 Å². The topological polar surface area (TPSA) is 116 Å². The van der Waals surface area contributed by atoms with E-state index in [0.717, 1.165) is 55.7 Å². The summed E-state index contributed by atoms with van der Waals surface area (Å²) in [5, 5.41) is 17.1. The van der Waals surface area contributed by atoms with Crippen LogP contribution in [-0.4, -0.2) is 34.6 Å². The molecule has 0 radical (unpaired) electrons. The lowest BCUT2D eigenvalue weighted by atomic mass is 9.93. The lowest BCUT2D eigenvalue weighted by Crippen LogP contribution is -2.47. The summed E-state index contributed by atoms with van der Waals surface area (Å²) in [5.41, 5.74) is -1.64. The van der Waals surface area contributed by atoms with Crippen LogP contribution in [0.1, 0.15) is 84.8 Å². The number of nitrogens with one attached hydrogen (secondary N) is 3. The van der Waals surface area contributed by atoms with E-state index in [1.54, 1.807) is 13.8 Å². The highest BCUT2D eigenvalue weighted by Crippen LogP contribution is 2.40. The van der Waals surface area contributed by atoms with Crippen LogP contribution >= 0.6 is 0 Å². The molecule has 2 amide bonds. The number of alkyl halides is 6. The first-order valence-electron chi connectivity index (χ1n) is 14.9. The summed E-state index contributed by atoms with van der Waals surface area (Å²) >= 11 is 0. The Hall–Kier alpha value is -4.99. The standard InChI is InChI=1S/2C16H17F3N4O.CH4/c2*1-4-5-11-9-15(2,23-22-11)14(24)21-10-6-7-13(20-3)12(8-10)16(17,18)19;/h6-8,23H,4-5,9H2,1-2H3,(H,21,24);6-8,11H,4-5,9H2,1-2H3,(H,21,24);1H4. The molecule has 264 valence electrons. The second-order valence-electron chi connectivity index (χ2n) is 11.8. The number of benzene rings is 2. The van der Waals surface area contributed by atoms with Crippen LogP contribution in [0.15, 0.2) is 51.7 Å². The fourth-order valence-corrected chi connectivity index (χ4v) is 5.05. The molecular weight excluding hydrogens is 654 g/mol. The Balaban J connectivity index is 0.000000333. The van der Waals surface area contributed by atoms with Gasteiger partial charge in [0.15, 0.2) is 16.9 Å². The van der Waals surface area contributed by atoms with Crippen LogP contribution in [0, 0.1) is 13.1 Å². The van der Waals surface area contributed by atoms with Gasteiger partial charge in [0.2, 0.25) is 0 Å². The molecule has 2 aromatic carbocycles. The van der Waals surface area contributed by atoms with Gasteiger partial charge in [-0.3, -0.25) is 15.0 Å². The van der Waals surface area contributed by atoms with E-state index < -0.39 is 57.7 Å². The van der Waals surface area contributed by atoms with Crippen molar-refractivity contribution in [3.8, 4) is 0 Å². The Bertz CT molecular complexity index is 1670. The van der Waals surface area contributed by atoms with Crippen LogP contribution in [0.4, 0.5) is 49.1 Å². The number of rotatable bonds is 8. The van der Waals surface area contributed by atoms with Crippen molar-refractivity contribution in [3.63, 3.8) is 0 Å². The number of nitrogens with zero attached hydrogens (tertiary/aromatic N) is 5. The van der Waals surface area contributed by atoms with Gasteiger partial charge in [-0.2, -0.15) is 41.7 Å². The van der Waals surface area contributed by atoms with Crippen LogP contribution in [0.3, 0.4) is 0 Å². The largest absolute Gasteiger partial charge is 0.407 e. The number of azo groups is 1. The van der Waals surface area contributed by atoms with Gasteiger partial charge in [0.05, 0.1) is 30.3 Å². The molecule has 16 heteroatoms. The minimum atomic E-state index is -4.66. The molecule has 0 saturated heterocycles. The molecule has 0 aliphatic carbocycles. The monoisotopic (exact) mass is 692 g/mol. The number of hydrogen-bond acceptors (Lipinski definition) is 6. The highest BCUT2D eigenvalue weighted by atomic mass is 19.4. The smallest absolute Gasteiger partial charge is 0.324 e. The summed E-state index contributed by atoms with van der Waals surface area (Å²) in [6.45, 7) is 20.9. The molecule has 2 aliphatic heterocycles. The Morgan fingerprint density at radius 2 is 1.41 bits per heavy atom. The number of amides is 2. The van der Waals surface area contributed by atoms with Crippen molar-refractivity contribution in [2.75, 3.05) is 10.6 Å². The van der Waals surface area contributed by atoms with Crippen LogP contribution in [0.2, 0.25) is 0 Å². The summed E-state index contributed by atoms with van der Waals surface area (Å²) in [7, 11) is 0. The number of carbonyl (C=O) groups is 2. The summed E-state index contributed by atoms with van der Waals surface area (Å²) in [6, 6.07) is 6.16. The first-order valence-corrected chi connectivity index (χ1v) is 14.9. The van der Waals surface area contributed by atoms with Crippen molar-refractivity contribution in [3.05, 3.63) is 70.4 Å². The number of halogens is 6. The molecule has 10 nitrogen and oxygen atoms in total. The number of anilines is 2. The SMILES string of the molecule is C.[C-]#[N+]c1ccc(NC(=O)C2(C)CC(CCC)=NN2)cc1C(F)(F)F.[C-]#[N+]c1ccc(NC(=O)C2(C)CC(CCC)N=N2)cc1C(F)(F)F. The molecule has 3 N–H and O–H groups in total. The fraction of sp³-hybridized carbons (Fsp3) is 0.485. The molecule has 3 unspecified atom stereocenters. The van der Waals surface area contributed by atoms with E-state index in [2.05, 4.69) is 41.1 Å². The number of hydrogen-bond donors (Lipinski definition) is 3. The molecule has 49 heavy (non-hydrogen) atoms. The lowest BCUT2D eigenvalue weighted by Gasteiger charge is -2.23. The molecule has 0 bridgehead atoms. The zero-order chi connectivity index (χ0) is 35.9. The molecule has 4 rings (SSSR count). The minimum Gasteiger partial charge on any atom is -0.324 e. The maximum Gasteiger partial charge on any atom is 0.407 e. The highest BCUT2D eigenvalue weighted by Gasteiger charge is 2.41. The van der Waals surface area contributed by atoms with E-state index in [-0.39, 0.29) is 24.8 Å². The molecule has 0 spiro atoms. The zero-order valence-electron chi connectivity index (χ0n) is 26.6. The lowest BCUT2D eigenvalue weighted by molar-refractivity contribution is -0.137. The van der Waals surface area contributed by atoms with Crippen molar-refractivity contribution < 1.29 is 35.9 Å². The van der Waals surface area contributed by atoms with Crippen LogP contribution in [0.25, 0.3) is 9.69 Å². The van der Waals surface area contributed by atoms with Gasteiger partial charge in [-0.05, 0) is 51.0 Å². The summed E-state index contributed by atoms with van der Waals surface area (Å²) in [5.74, 6) is -0.977. The van der Waals surface area contributed by atoms with Crippen molar-refractivity contribution in [1.82, 2.24) is 5.43 Å². The molecule has 3 atom stereocenters. The molecular formula is C33H38F6N8O2. The molecule has 0 fully saturated rings. The van der Waals surface area contributed by atoms with Gasteiger partial charge in [-0.25, -0.2) is 9.69 Å². The summed E-state index contributed by atoms with van der Waals surface area (Å²) < 4.78 is 77.9. The zero-order valence-corrected chi connectivity index (χ0v) is 26.6. The third-order valence-corrected chi connectivity index (χ3v) is 7.60. The average molecular weight is 693 g/mol. The fourth-order valence-electron chi connectivity index (χ4n) is 5.05. The van der Waals surface area contributed by atoms with Gasteiger partial charge in [0.1, 0.15) is 5.54 Å². The van der Waals surface area contributed by atoms with E-state index in [1.807, 2.05) is 13.8 Å². The maximum atomic E-state index is 13.0. The quantitative estimate of drug-likeness (QED) is 0.189. The Morgan fingerprint density at radius 1 is 0.898 bits per heavy atom. The first kappa shape index (κ1) is 40.2. The third kappa shape index (κ3) is 10.0. The van der Waals surface area contributed by atoms with Crippen molar-refractivity contribution in [2.45, 2.75) is 103 Å². The molecule has 0 saturated carbocycles. The van der Waals surface area contributed by atoms with E-state index in [1.165, 1.54) is 12.1 Å². The van der Waals surface area contributed by atoms with E-state index in [0.29, 0.717) is 12.8 Å². The van der Waals surface area contributed by atoms with Crippen LogP contribution < -0.4 is 16.1 Å². The van der Waals surface area contributed by atoms with Crippen molar-refractivity contribution >= 4 is 40.3 Å². The van der Waals surface area contributed by atoms with E-state index in [4.69, 9.17) is 13.1 Å². The van der Waals surface area contributed by atoms with E-state index >= 15 is 0 Å². The number of hydrazone groups is 1.